The Morgan fingerprint density at radius 1 is 1.58 bits per heavy atom. The number of morpholine rings is 1. The van der Waals surface area contributed by atoms with Crippen LogP contribution in [-0.2, 0) is 11.3 Å². The van der Waals surface area contributed by atoms with E-state index in [-0.39, 0.29) is 11.7 Å². The molecule has 0 saturated carbocycles. The van der Waals surface area contributed by atoms with Crippen molar-refractivity contribution in [3.63, 3.8) is 0 Å². The number of halogens is 1. The maximum Gasteiger partial charge on any atom is 0.293 e. The van der Waals surface area contributed by atoms with Gasteiger partial charge in [-0.25, -0.2) is 4.98 Å². The zero-order chi connectivity index (χ0) is 13.8. The minimum atomic E-state index is -0.00794. The number of ether oxygens (including phenoxy) is 1. The van der Waals surface area contributed by atoms with Crippen molar-refractivity contribution in [3.05, 3.63) is 22.7 Å². The van der Waals surface area contributed by atoms with Gasteiger partial charge in [-0.3, -0.25) is 4.79 Å². The molecule has 0 amide bonds. The van der Waals surface area contributed by atoms with Gasteiger partial charge in [-0.2, -0.15) is 0 Å². The Bertz CT molecular complexity index is 475. The van der Waals surface area contributed by atoms with Crippen molar-refractivity contribution in [2.75, 3.05) is 29.9 Å². The smallest absolute Gasteiger partial charge is 0.293 e. The van der Waals surface area contributed by atoms with Crippen LogP contribution in [0.1, 0.15) is 13.8 Å². The molecule has 1 unspecified atom stereocenters. The summed E-state index contributed by atoms with van der Waals surface area (Å²) in [5.41, 5.74) is -0.00794. The number of anilines is 1. The fourth-order valence-corrected chi connectivity index (χ4v) is 2.59. The molecule has 1 atom stereocenters. The summed E-state index contributed by atoms with van der Waals surface area (Å²) in [6, 6.07) is 0. The van der Waals surface area contributed by atoms with E-state index < -0.39 is 0 Å². The van der Waals surface area contributed by atoms with Gasteiger partial charge < -0.3 is 14.2 Å². The van der Waals surface area contributed by atoms with E-state index in [1.807, 2.05) is 4.90 Å². The maximum atomic E-state index is 12.4. The molecule has 0 N–H and O–H groups in total. The predicted molar refractivity (Wildman–Crippen MR) is 79.1 cm³/mol. The van der Waals surface area contributed by atoms with E-state index in [0.29, 0.717) is 24.9 Å². The van der Waals surface area contributed by atoms with Crippen LogP contribution in [0.25, 0.3) is 0 Å². The van der Waals surface area contributed by atoms with Gasteiger partial charge in [0, 0.05) is 37.4 Å². The van der Waals surface area contributed by atoms with Gasteiger partial charge in [-0.1, -0.05) is 29.8 Å². The minimum absolute atomic E-state index is 0.00794. The zero-order valence-corrected chi connectivity index (χ0v) is 13.0. The number of hydrogen-bond acceptors (Lipinski definition) is 4. The Balaban J connectivity index is 2.22. The molecular formula is C13H20BrN3O2. The van der Waals surface area contributed by atoms with Crippen molar-refractivity contribution in [1.29, 1.82) is 0 Å². The normalized spacial score (nSPS) is 20.0. The van der Waals surface area contributed by atoms with Crippen LogP contribution >= 0.6 is 15.9 Å². The summed E-state index contributed by atoms with van der Waals surface area (Å²) >= 11 is 3.42. The largest absolute Gasteiger partial charge is 0.374 e. The average molecular weight is 330 g/mol. The first-order valence-corrected chi connectivity index (χ1v) is 7.72. The van der Waals surface area contributed by atoms with E-state index in [9.17, 15) is 4.79 Å². The highest BCUT2D eigenvalue weighted by molar-refractivity contribution is 9.09. The number of alkyl halides is 1. The molecule has 0 spiro atoms. The van der Waals surface area contributed by atoms with Gasteiger partial charge in [0.15, 0.2) is 5.82 Å². The molecule has 1 aromatic heterocycles. The highest BCUT2D eigenvalue weighted by Gasteiger charge is 2.23. The van der Waals surface area contributed by atoms with E-state index in [1.165, 1.54) is 0 Å². The lowest BCUT2D eigenvalue weighted by Gasteiger charge is -2.32. The molecule has 2 rings (SSSR count). The van der Waals surface area contributed by atoms with Crippen LogP contribution < -0.4 is 10.5 Å². The Morgan fingerprint density at radius 2 is 2.37 bits per heavy atom. The molecule has 1 aromatic rings. The van der Waals surface area contributed by atoms with Crippen LogP contribution in [0.4, 0.5) is 5.82 Å². The van der Waals surface area contributed by atoms with Crippen molar-refractivity contribution in [1.82, 2.24) is 9.55 Å². The van der Waals surface area contributed by atoms with Crippen LogP contribution in [0.5, 0.6) is 0 Å². The third kappa shape index (κ3) is 3.57. The second-order valence-electron chi connectivity index (χ2n) is 5.20. The van der Waals surface area contributed by atoms with Gasteiger partial charge in [0.05, 0.1) is 12.7 Å². The molecule has 106 valence electrons. The molecule has 5 nitrogen and oxygen atoms in total. The fourth-order valence-electron chi connectivity index (χ4n) is 2.19. The molecular weight excluding hydrogens is 310 g/mol. The number of rotatable bonds is 4. The van der Waals surface area contributed by atoms with E-state index in [2.05, 4.69) is 34.8 Å². The van der Waals surface area contributed by atoms with E-state index in [1.54, 1.807) is 17.0 Å². The van der Waals surface area contributed by atoms with Crippen molar-refractivity contribution in [2.24, 2.45) is 5.92 Å². The zero-order valence-electron chi connectivity index (χ0n) is 11.4. The monoisotopic (exact) mass is 329 g/mol. The van der Waals surface area contributed by atoms with E-state index >= 15 is 0 Å². The quantitative estimate of drug-likeness (QED) is 0.785. The highest BCUT2D eigenvalue weighted by atomic mass is 79.9. The Morgan fingerprint density at radius 3 is 3.05 bits per heavy atom. The van der Waals surface area contributed by atoms with Gasteiger partial charge in [0.2, 0.25) is 0 Å². The summed E-state index contributed by atoms with van der Waals surface area (Å²) in [5, 5.41) is 0.774. The van der Waals surface area contributed by atoms with Gasteiger partial charge in [-0.15, -0.1) is 0 Å². The number of aromatic nitrogens is 2. The second kappa shape index (κ2) is 6.52. The third-order valence-corrected chi connectivity index (χ3v) is 3.79. The predicted octanol–water partition coefficient (Wildman–Crippen LogP) is 1.50. The van der Waals surface area contributed by atoms with Crippen molar-refractivity contribution >= 4 is 21.7 Å². The second-order valence-corrected chi connectivity index (χ2v) is 5.84. The third-order valence-electron chi connectivity index (χ3n) is 3.07. The molecule has 6 heteroatoms. The molecule has 0 aliphatic carbocycles. The molecule has 19 heavy (non-hydrogen) atoms. The van der Waals surface area contributed by atoms with Crippen LogP contribution in [0, 0.1) is 5.92 Å². The molecule has 1 aliphatic heterocycles. The summed E-state index contributed by atoms with van der Waals surface area (Å²) in [7, 11) is 0. The SMILES string of the molecule is CC(C)Cn1ccnc(N2CCOC(CBr)C2)c1=O. The van der Waals surface area contributed by atoms with Gasteiger partial charge >= 0.3 is 0 Å². The van der Waals surface area contributed by atoms with Crippen LogP contribution in [0.15, 0.2) is 17.2 Å². The maximum absolute atomic E-state index is 12.4. The summed E-state index contributed by atoms with van der Waals surface area (Å²) in [5.74, 6) is 0.977. The fraction of sp³-hybridized carbons (Fsp3) is 0.692. The lowest BCUT2D eigenvalue weighted by Crippen LogP contribution is -2.46. The van der Waals surface area contributed by atoms with Gasteiger partial charge in [0.25, 0.3) is 5.56 Å². The Kier molecular flexibility index (Phi) is 4.99. The summed E-state index contributed by atoms with van der Waals surface area (Å²) < 4.78 is 7.33. The number of nitrogens with zero attached hydrogens (tertiary/aromatic N) is 3. The first-order valence-electron chi connectivity index (χ1n) is 6.59. The molecule has 0 radical (unpaired) electrons. The van der Waals surface area contributed by atoms with Crippen LogP contribution in [-0.4, -0.2) is 40.7 Å². The topological polar surface area (TPSA) is 47.4 Å². The molecule has 1 aliphatic rings. The lowest BCUT2D eigenvalue weighted by atomic mass is 10.2. The number of hydrogen-bond donors (Lipinski definition) is 0. The van der Waals surface area contributed by atoms with Crippen LogP contribution in [0.2, 0.25) is 0 Å². The Hall–Kier alpha value is -0.880. The average Bonchev–Trinajstić information content (AvgIpc) is 2.41. The lowest BCUT2D eigenvalue weighted by molar-refractivity contribution is 0.0566. The van der Waals surface area contributed by atoms with E-state index in [4.69, 9.17) is 4.74 Å². The first-order chi connectivity index (χ1) is 9.11. The van der Waals surface area contributed by atoms with Gasteiger partial charge in [0.1, 0.15) is 0 Å². The standard InChI is InChI=1S/C13H20BrN3O2/c1-10(2)8-17-4-3-15-12(13(17)18)16-5-6-19-11(7-14)9-16/h3-4,10-11H,5-9H2,1-2H3. The van der Waals surface area contributed by atoms with Crippen LogP contribution in [0.3, 0.4) is 0 Å². The minimum Gasteiger partial charge on any atom is -0.374 e. The van der Waals surface area contributed by atoms with Crippen molar-refractivity contribution in [3.8, 4) is 0 Å². The summed E-state index contributed by atoms with van der Waals surface area (Å²) in [4.78, 5) is 18.7. The Labute approximate surface area is 121 Å². The molecule has 0 bridgehead atoms. The molecule has 2 heterocycles. The molecule has 0 aromatic carbocycles. The van der Waals surface area contributed by atoms with E-state index in [0.717, 1.165) is 18.4 Å². The molecule has 1 fully saturated rings. The molecule has 1 saturated heterocycles. The van der Waals surface area contributed by atoms with Gasteiger partial charge in [-0.05, 0) is 5.92 Å². The van der Waals surface area contributed by atoms with Crippen molar-refractivity contribution in [2.45, 2.75) is 26.5 Å². The van der Waals surface area contributed by atoms with Crippen molar-refractivity contribution < 1.29 is 4.74 Å². The highest BCUT2D eigenvalue weighted by Crippen LogP contribution is 2.12. The summed E-state index contributed by atoms with van der Waals surface area (Å²) in [6.07, 6.45) is 3.58. The summed E-state index contributed by atoms with van der Waals surface area (Å²) in [6.45, 7) is 6.98. The first kappa shape index (κ1) is 14.5.